The molecular formula is C26H40FN5O4. The van der Waals surface area contributed by atoms with E-state index in [1.165, 1.54) is 15.9 Å². The summed E-state index contributed by atoms with van der Waals surface area (Å²) in [4.78, 5) is 43.0. The van der Waals surface area contributed by atoms with Crippen LogP contribution in [0.5, 0.6) is 0 Å². The van der Waals surface area contributed by atoms with Crippen LogP contribution in [0.3, 0.4) is 0 Å². The van der Waals surface area contributed by atoms with E-state index in [1.54, 1.807) is 18.2 Å². The molecule has 2 bridgehead atoms. The van der Waals surface area contributed by atoms with E-state index in [4.69, 9.17) is 10.5 Å². The Kier molecular flexibility index (Phi) is 10.6. The second-order valence-corrected chi connectivity index (χ2v) is 10.0. The SMILES string of the molecule is CC(C)CCN(CC(=O)N(CCCN1C2CCC1O2)CC(N)=O)C(=O)CNCCc1ccccc1F. The van der Waals surface area contributed by atoms with Crippen molar-refractivity contribution in [2.75, 3.05) is 45.8 Å². The van der Waals surface area contributed by atoms with Crippen LogP contribution in [0, 0.1) is 11.7 Å². The lowest BCUT2D eigenvalue weighted by Gasteiger charge is -2.40. The third kappa shape index (κ3) is 8.25. The van der Waals surface area contributed by atoms with Crippen molar-refractivity contribution < 1.29 is 23.5 Å². The minimum atomic E-state index is -0.578. The van der Waals surface area contributed by atoms with Gasteiger partial charge in [0.1, 0.15) is 18.3 Å². The van der Waals surface area contributed by atoms with Gasteiger partial charge in [0, 0.05) is 19.6 Å². The van der Waals surface area contributed by atoms with Crippen molar-refractivity contribution in [2.24, 2.45) is 11.7 Å². The van der Waals surface area contributed by atoms with Crippen molar-refractivity contribution in [2.45, 2.75) is 58.4 Å². The van der Waals surface area contributed by atoms with Gasteiger partial charge < -0.3 is 25.6 Å². The zero-order valence-corrected chi connectivity index (χ0v) is 21.5. The van der Waals surface area contributed by atoms with E-state index in [1.807, 2.05) is 0 Å². The van der Waals surface area contributed by atoms with Gasteiger partial charge in [-0.05, 0) is 56.2 Å². The number of fused-ring (bicyclic) bond motifs is 1. The number of nitrogens with two attached hydrogens (primary N) is 1. The summed E-state index contributed by atoms with van der Waals surface area (Å²) < 4.78 is 19.4. The van der Waals surface area contributed by atoms with Gasteiger partial charge in [0.05, 0.1) is 19.6 Å². The Morgan fingerprint density at radius 1 is 1.11 bits per heavy atom. The topological polar surface area (TPSA) is 108 Å². The van der Waals surface area contributed by atoms with E-state index < -0.39 is 5.91 Å². The number of nitrogens with zero attached hydrogens (tertiary/aromatic N) is 3. The third-order valence-electron chi connectivity index (χ3n) is 6.72. The maximum atomic E-state index is 13.8. The molecular weight excluding hydrogens is 465 g/mol. The number of carbonyl (C=O) groups excluding carboxylic acids is 3. The Morgan fingerprint density at radius 2 is 1.81 bits per heavy atom. The first kappa shape index (κ1) is 28.0. The number of ether oxygens (including phenoxy) is 1. The molecule has 1 aromatic rings. The monoisotopic (exact) mass is 505 g/mol. The normalized spacial score (nSPS) is 18.8. The summed E-state index contributed by atoms with van der Waals surface area (Å²) in [5.41, 5.74) is 5.99. The summed E-state index contributed by atoms with van der Waals surface area (Å²) in [5, 5.41) is 3.06. The molecule has 3 amide bonds. The summed E-state index contributed by atoms with van der Waals surface area (Å²) in [7, 11) is 0. The number of rotatable bonds is 16. The van der Waals surface area contributed by atoms with Gasteiger partial charge in [-0.25, -0.2) is 4.39 Å². The number of hydrogen-bond acceptors (Lipinski definition) is 6. The van der Waals surface area contributed by atoms with E-state index >= 15 is 0 Å². The molecule has 3 aliphatic heterocycles. The van der Waals surface area contributed by atoms with Crippen LogP contribution in [0.4, 0.5) is 4.39 Å². The second-order valence-electron chi connectivity index (χ2n) is 10.0. The first-order chi connectivity index (χ1) is 17.2. The molecule has 4 rings (SSSR count). The lowest BCUT2D eigenvalue weighted by molar-refractivity contribution is -0.236. The third-order valence-corrected chi connectivity index (χ3v) is 6.72. The zero-order valence-electron chi connectivity index (χ0n) is 21.5. The maximum Gasteiger partial charge on any atom is 0.242 e. The molecule has 2 unspecified atom stereocenters. The molecule has 10 heteroatoms. The van der Waals surface area contributed by atoms with Crippen LogP contribution in [0.25, 0.3) is 0 Å². The highest BCUT2D eigenvalue weighted by Crippen LogP contribution is 2.37. The van der Waals surface area contributed by atoms with Crippen molar-refractivity contribution >= 4 is 17.7 Å². The summed E-state index contributed by atoms with van der Waals surface area (Å²) in [5.74, 6) is -0.976. The van der Waals surface area contributed by atoms with Gasteiger partial charge in [-0.3, -0.25) is 19.3 Å². The number of halogens is 1. The van der Waals surface area contributed by atoms with Gasteiger partial charge in [-0.2, -0.15) is 0 Å². The minimum absolute atomic E-state index is 0.0490. The molecule has 3 fully saturated rings. The average molecular weight is 506 g/mol. The molecule has 9 nitrogen and oxygen atoms in total. The predicted molar refractivity (Wildman–Crippen MR) is 134 cm³/mol. The fourth-order valence-electron chi connectivity index (χ4n) is 4.63. The molecule has 3 N–H and O–H groups in total. The minimum Gasteiger partial charge on any atom is -0.368 e. The highest BCUT2D eigenvalue weighted by atomic mass is 19.1. The van der Waals surface area contributed by atoms with Crippen molar-refractivity contribution in [3.63, 3.8) is 0 Å². The van der Waals surface area contributed by atoms with Crippen molar-refractivity contribution in [1.29, 1.82) is 0 Å². The predicted octanol–water partition coefficient (Wildman–Crippen LogP) is 1.31. The number of primary amides is 1. The first-order valence-corrected chi connectivity index (χ1v) is 12.9. The molecule has 200 valence electrons. The average Bonchev–Trinajstić information content (AvgIpc) is 3.47. The van der Waals surface area contributed by atoms with Gasteiger partial charge in [-0.15, -0.1) is 0 Å². The van der Waals surface area contributed by atoms with E-state index in [2.05, 4.69) is 24.1 Å². The zero-order chi connectivity index (χ0) is 26.1. The summed E-state index contributed by atoms with van der Waals surface area (Å²) >= 11 is 0. The van der Waals surface area contributed by atoms with Crippen LogP contribution in [-0.4, -0.2) is 90.7 Å². The largest absolute Gasteiger partial charge is 0.368 e. The van der Waals surface area contributed by atoms with Crippen molar-refractivity contribution in [3.05, 3.63) is 35.6 Å². The molecule has 2 atom stereocenters. The summed E-state index contributed by atoms with van der Waals surface area (Å²) in [6, 6.07) is 6.56. The Labute approximate surface area is 213 Å². The summed E-state index contributed by atoms with van der Waals surface area (Å²) in [6.07, 6.45) is 4.36. The number of benzene rings is 1. The molecule has 3 saturated heterocycles. The van der Waals surface area contributed by atoms with Gasteiger partial charge in [-0.1, -0.05) is 32.0 Å². The molecule has 3 heterocycles. The van der Waals surface area contributed by atoms with Gasteiger partial charge in [0.15, 0.2) is 0 Å². The fraction of sp³-hybridized carbons (Fsp3) is 0.654. The number of nitrogens with one attached hydrogen (secondary N) is 1. The molecule has 0 saturated carbocycles. The highest BCUT2D eigenvalue weighted by molar-refractivity contribution is 5.88. The lowest BCUT2D eigenvalue weighted by atomic mass is 10.1. The first-order valence-electron chi connectivity index (χ1n) is 12.9. The molecule has 3 aliphatic rings. The quantitative estimate of drug-likeness (QED) is 0.328. The van der Waals surface area contributed by atoms with E-state index in [0.29, 0.717) is 44.0 Å². The van der Waals surface area contributed by atoms with Crippen LogP contribution < -0.4 is 11.1 Å². The number of carbonyl (C=O) groups is 3. The Morgan fingerprint density at radius 3 is 2.44 bits per heavy atom. The molecule has 36 heavy (non-hydrogen) atoms. The smallest absolute Gasteiger partial charge is 0.242 e. The van der Waals surface area contributed by atoms with Gasteiger partial charge in [0.25, 0.3) is 0 Å². The van der Waals surface area contributed by atoms with Crippen LogP contribution in [0.15, 0.2) is 24.3 Å². The number of amides is 3. The standard InChI is InChI=1S/C26H40FN5O4/c1-19(2)11-15-31(23(34)16-29-12-10-20-6-3-4-7-21(20)27)18-24(35)30(17-22(28)33)13-5-14-32-25-8-9-26(32)36-25/h3-4,6-7,19,25-26,29H,5,8-18H2,1-2H3,(H2,28,33). The fourth-order valence-corrected chi connectivity index (χ4v) is 4.63. The van der Waals surface area contributed by atoms with Crippen LogP contribution in [0.2, 0.25) is 0 Å². The van der Waals surface area contributed by atoms with E-state index in [9.17, 15) is 18.8 Å². The maximum absolute atomic E-state index is 13.8. The molecule has 0 spiro atoms. The van der Waals surface area contributed by atoms with Crippen LogP contribution >= 0.6 is 0 Å². The molecule has 1 aromatic carbocycles. The number of hydrogen-bond donors (Lipinski definition) is 2. The van der Waals surface area contributed by atoms with Crippen molar-refractivity contribution in [1.82, 2.24) is 20.0 Å². The molecule has 0 aliphatic carbocycles. The summed E-state index contributed by atoms with van der Waals surface area (Å²) in [6.45, 7) is 5.95. The Hall–Kier alpha value is -2.56. The molecule has 0 aromatic heterocycles. The van der Waals surface area contributed by atoms with E-state index in [-0.39, 0.29) is 49.7 Å². The highest BCUT2D eigenvalue weighted by Gasteiger charge is 2.45. The van der Waals surface area contributed by atoms with Crippen LogP contribution in [-0.2, 0) is 25.5 Å². The molecule has 0 radical (unpaired) electrons. The lowest BCUT2D eigenvalue weighted by Crippen LogP contribution is -2.52. The van der Waals surface area contributed by atoms with Crippen LogP contribution in [0.1, 0.15) is 45.1 Å². The Balaban J connectivity index is 1.49. The van der Waals surface area contributed by atoms with Gasteiger partial charge >= 0.3 is 0 Å². The van der Waals surface area contributed by atoms with E-state index in [0.717, 1.165) is 25.8 Å². The Bertz CT molecular complexity index is 885. The van der Waals surface area contributed by atoms with Gasteiger partial charge in [0.2, 0.25) is 17.7 Å². The second kappa shape index (κ2) is 13.7. The van der Waals surface area contributed by atoms with Crippen molar-refractivity contribution in [3.8, 4) is 0 Å².